The summed E-state index contributed by atoms with van der Waals surface area (Å²) in [6.45, 7) is 3.91. The largest absolute Gasteiger partial charge is 0.453 e. The lowest BCUT2D eigenvalue weighted by Crippen LogP contribution is -2.35. The topological polar surface area (TPSA) is 84.5 Å². The van der Waals surface area contributed by atoms with Gasteiger partial charge in [0.05, 0.1) is 34.3 Å². The molecule has 0 bridgehead atoms. The van der Waals surface area contributed by atoms with Crippen LogP contribution in [0.15, 0.2) is 73.4 Å². The third-order valence-electron chi connectivity index (χ3n) is 4.77. The van der Waals surface area contributed by atoms with Crippen molar-refractivity contribution >= 4 is 56.2 Å². The molecule has 0 fully saturated rings. The molecule has 0 spiro atoms. The molecule has 0 aliphatic heterocycles. The molecule has 2 aromatic heterocycles. The minimum atomic E-state index is -0.597. The number of carbonyl (C=O) groups excluding carboxylic acids is 1. The lowest BCUT2D eigenvalue weighted by Gasteiger charge is -2.12. The molecule has 0 saturated carbocycles. The minimum Gasteiger partial charge on any atom is -0.453 e. The number of carbonyl (C=O) groups is 1. The second kappa shape index (κ2) is 11.0. The summed E-state index contributed by atoms with van der Waals surface area (Å²) in [7, 11) is 1.50. The quantitative estimate of drug-likeness (QED) is 0.217. The van der Waals surface area contributed by atoms with E-state index in [4.69, 9.17) is 21.8 Å². The Morgan fingerprint density at radius 2 is 1.94 bits per heavy atom. The number of hydroxylamine groups is 1. The van der Waals surface area contributed by atoms with Gasteiger partial charge in [0.15, 0.2) is 16.7 Å². The Bertz CT molecular complexity index is 1390. The molecule has 2 aromatic carbocycles. The lowest BCUT2D eigenvalue weighted by atomic mass is 10.1. The van der Waals surface area contributed by atoms with Crippen LogP contribution in [0.25, 0.3) is 15.9 Å². The number of ether oxygens (including phenoxy) is 1. The number of aromatic nitrogens is 1. The summed E-state index contributed by atoms with van der Waals surface area (Å²) in [5, 5.41) is 5.48. The third kappa shape index (κ3) is 6.18. The summed E-state index contributed by atoms with van der Waals surface area (Å²) >= 11 is 6.57. The summed E-state index contributed by atoms with van der Waals surface area (Å²) in [4.78, 5) is 22.2. The number of amides is 1. The van der Waals surface area contributed by atoms with Crippen LogP contribution in [0.4, 0.5) is 10.1 Å². The van der Waals surface area contributed by atoms with Gasteiger partial charge in [-0.1, -0.05) is 36.9 Å². The monoisotopic (exact) mass is 508 g/mol. The highest BCUT2D eigenvalue weighted by Gasteiger charge is 2.14. The number of hydrogen-bond acceptors (Lipinski definition) is 7. The average Bonchev–Trinajstić information content (AvgIpc) is 3.27. The van der Waals surface area contributed by atoms with Crippen molar-refractivity contribution in [3.63, 3.8) is 0 Å². The predicted molar refractivity (Wildman–Crippen MR) is 140 cm³/mol. The number of halogens is 1. The molecule has 0 unspecified atom stereocenters. The molecule has 2 heterocycles. The molecule has 0 atom stereocenters. The molecule has 4 aromatic rings. The van der Waals surface area contributed by atoms with Gasteiger partial charge in [-0.25, -0.2) is 4.39 Å². The molecule has 0 radical (unpaired) electrons. The zero-order valence-electron chi connectivity index (χ0n) is 18.6. The molecule has 7 nitrogen and oxygen atoms in total. The number of nitrogens with one attached hydrogen (secondary N) is 3. The number of nitrogens with zero attached hydrogens (tertiary/aromatic N) is 1. The molecule has 0 aliphatic carbocycles. The van der Waals surface area contributed by atoms with Gasteiger partial charge >= 0.3 is 0 Å². The van der Waals surface area contributed by atoms with E-state index in [1.54, 1.807) is 18.3 Å². The number of anilines is 1. The van der Waals surface area contributed by atoms with Gasteiger partial charge < -0.3 is 15.4 Å². The van der Waals surface area contributed by atoms with Gasteiger partial charge in [-0.15, -0.1) is 11.3 Å². The second-order valence-corrected chi connectivity index (χ2v) is 8.79. The summed E-state index contributed by atoms with van der Waals surface area (Å²) in [5.74, 6) is -0.374. The zero-order valence-corrected chi connectivity index (χ0v) is 20.3. The fourth-order valence-corrected chi connectivity index (χ4v) is 4.43. The van der Waals surface area contributed by atoms with Gasteiger partial charge in [0.1, 0.15) is 5.75 Å². The third-order valence-corrected chi connectivity index (χ3v) is 6.17. The number of fused-ring (bicyclic) bond motifs is 1. The van der Waals surface area contributed by atoms with Gasteiger partial charge in [0, 0.05) is 24.0 Å². The van der Waals surface area contributed by atoms with Crippen molar-refractivity contribution in [2.75, 3.05) is 12.4 Å². The van der Waals surface area contributed by atoms with Crippen molar-refractivity contribution in [3.05, 3.63) is 89.7 Å². The van der Waals surface area contributed by atoms with Crippen LogP contribution >= 0.6 is 23.6 Å². The SMILES string of the molecule is C=C(NOC)c1cc2nccc(Oc3ccc(NC(=S)NC(=O)Cc4ccccc4)cc3F)c2s1. The molecule has 0 aliphatic rings. The van der Waals surface area contributed by atoms with Gasteiger partial charge in [-0.05, 0) is 36.0 Å². The average molecular weight is 509 g/mol. The highest BCUT2D eigenvalue weighted by atomic mass is 32.1. The maximum absolute atomic E-state index is 14.8. The van der Waals surface area contributed by atoms with Crippen molar-refractivity contribution in [1.29, 1.82) is 0 Å². The number of thiophene rings is 1. The number of rotatable bonds is 8. The normalized spacial score (nSPS) is 10.6. The Morgan fingerprint density at radius 1 is 1.14 bits per heavy atom. The standard InChI is InChI=1S/C25H21FN4O3S2/c1-15(30-32-2)22-14-19-24(35-22)21(10-11-27-19)33-20-9-8-17(13-18(20)26)28-25(34)29-23(31)12-16-6-4-3-5-7-16/h3-11,13-14,30H,1,12H2,2H3,(H2,28,29,31,34). The van der Waals surface area contributed by atoms with Crippen molar-refractivity contribution in [2.45, 2.75) is 6.42 Å². The number of thiocarbonyl (C=S) groups is 1. The van der Waals surface area contributed by atoms with Crippen LogP contribution in [-0.2, 0) is 16.1 Å². The predicted octanol–water partition coefficient (Wildman–Crippen LogP) is 5.41. The number of benzene rings is 2. The smallest absolute Gasteiger partial charge is 0.230 e. The van der Waals surface area contributed by atoms with E-state index in [0.717, 1.165) is 15.1 Å². The highest BCUT2D eigenvalue weighted by Crippen LogP contribution is 2.37. The Morgan fingerprint density at radius 3 is 2.69 bits per heavy atom. The van der Waals surface area contributed by atoms with Crippen molar-refractivity contribution in [1.82, 2.24) is 15.8 Å². The molecular formula is C25H21FN4O3S2. The van der Waals surface area contributed by atoms with E-state index in [0.29, 0.717) is 22.7 Å². The Labute approximate surface area is 210 Å². The van der Waals surface area contributed by atoms with Gasteiger partial charge in [-0.2, -0.15) is 0 Å². The molecule has 10 heteroatoms. The van der Waals surface area contributed by atoms with E-state index in [9.17, 15) is 9.18 Å². The van der Waals surface area contributed by atoms with Gasteiger partial charge in [0.25, 0.3) is 0 Å². The van der Waals surface area contributed by atoms with E-state index < -0.39 is 5.82 Å². The highest BCUT2D eigenvalue weighted by molar-refractivity contribution is 7.80. The first-order chi connectivity index (χ1) is 16.9. The van der Waals surface area contributed by atoms with E-state index in [2.05, 4.69) is 27.7 Å². The summed E-state index contributed by atoms with van der Waals surface area (Å²) in [6.07, 6.45) is 1.77. The van der Waals surface area contributed by atoms with Gasteiger partial charge in [0.2, 0.25) is 5.91 Å². The van der Waals surface area contributed by atoms with Crippen molar-refractivity contribution < 1.29 is 18.8 Å². The van der Waals surface area contributed by atoms with Crippen LogP contribution in [0, 0.1) is 5.82 Å². The van der Waals surface area contributed by atoms with Crippen LogP contribution in [0.5, 0.6) is 11.5 Å². The molecule has 0 saturated heterocycles. The fourth-order valence-electron chi connectivity index (χ4n) is 3.21. The minimum absolute atomic E-state index is 0.0332. The van der Waals surface area contributed by atoms with E-state index in [1.807, 2.05) is 36.4 Å². The summed E-state index contributed by atoms with van der Waals surface area (Å²) < 4.78 is 21.4. The van der Waals surface area contributed by atoms with Crippen LogP contribution < -0.4 is 20.9 Å². The van der Waals surface area contributed by atoms with E-state index in [1.165, 1.54) is 30.6 Å². The first kappa shape index (κ1) is 24.3. The Kier molecular flexibility index (Phi) is 7.66. The van der Waals surface area contributed by atoms with Gasteiger partial charge in [-0.3, -0.25) is 20.1 Å². The van der Waals surface area contributed by atoms with Crippen molar-refractivity contribution in [2.24, 2.45) is 0 Å². The fraction of sp³-hybridized carbons (Fsp3) is 0.0800. The summed E-state index contributed by atoms with van der Waals surface area (Å²) in [6, 6.07) is 17.1. The van der Waals surface area contributed by atoms with Crippen molar-refractivity contribution in [3.8, 4) is 11.5 Å². The maximum Gasteiger partial charge on any atom is 0.230 e. The zero-order chi connectivity index (χ0) is 24.8. The maximum atomic E-state index is 14.8. The second-order valence-electron chi connectivity index (χ2n) is 7.33. The van der Waals surface area contributed by atoms with E-state index in [-0.39, 0.29) is 23.2 Å². The van der Waals surface area contributed by atoms with Crippen LogP contribution in [0.2, 0.25) is 0 Å². The Hall–Kier alpha value is -3.86. The summed E-state index contributed by atoms with van der Waals surface area (Å²) in [5.41, 5.74) is 5.20. The molecule has 35 heavy (non-hydrogen) atoms. The van der Waals surface area contributed by atoms with E-state index >= 15 is 0 Å². The van der Waals surface area contributed by atoms with Crippen LogP contribution in [0.3, 0.4) is 0 Å². The molecular weight excluding hydrogens is 487 g/mol. The lowest BCUT2D eigenvalue weighted by molar-refractivity contribution is -0.119. The first-order valence-corrected chi connectivity index (χ1v) is 11.6. The molecule has 1 amide bonds. The van der Waals surface area contributed by atoms with Crippen LogP contribution in [-0.4, -0.2) is 23.1 Å². The number of pyridine rings is 1. The molecule has 3 N–H and O–H groups in total. The molecule has 178 valence electrons. The Balaban J connectivity index is 1.42. The van der Waals surface area contributed by atoms with Crippen LogP contribution in [0.1, 0.15) is 10.4 Å². The number of hydrogen-bond donors (Lipinski definition) is 3. The molecule has 4 rings (SSSR count). The first-order valence-electron chi connectivity index (χ1n) is 10.4.